The highest BCUT2D eigenvalue weighted by molar-refractivity contribution is 7.80. The summed E-state index contributed by atoms with van der Waals surface area (Å²) in [4.78, 5) is 16.8. The standard InChI is InChI=1S/C14H15N3OS/c1-9-4-3-5-11(16-9)8-17-10(2)6-7-12(13(15)19)14(17)18/h3-7H,8H2,1-2H3,(H2,15,19). The zero-order valence-electron chi connectivity index (χ0n) is 10.9. The van der Waals surface area contributed by atoms with Gasteiger partial charge in [0.2, 0.25) is 0 Å². The second-order valence-corrected chi connectivity index (χ2v) is 4.85. The Morgan fingerprint density at radius 3 is 2.68 bits per heavy atom. The van der Waals surface area contributed by atoms with Gasteiger partial charge in [-0.15, -0.1) is 0 Å². The first-order valence-electron chi connectivity index (χ1n) is 5.92. The van der Waals surface area contributed by atoms with Crippen LogP contribution in [0.25, 0.3) is 0 Å². The van der Waals surface area contributed by atoms with Gasteiger partial charge in [-0.1, -0.05) is 18.3 Å². The van der Waals surface area contributed by atoms with Crippen LogP contribution in [-0.2, 0) is 6.54 Å². The molecule has 2 aromatic rings. The van der Waals surface area contributed by atoms with E-state index in [1.807, 2.05) is 38.1 Å². The molecule has 0 aromatic carbocycles. The number of rotatable bonds is 3. The molecule has 0 spiro atoms. The van der Waals surface area contributed by atoms with Crippen molar-refractivity contribution in [1.82, 2.24) is 9.55 Å². The van der Waals surface area contributed by atoms with E-state index in [1.165, 1.54) is 0 Å². The van der Waals surface area contributed by atoms with E-state index in [9.17, 15) is 4.79 Å². The first kappa shape index (κ1) is 13.4. The summed E-state index contributed by atoms with van der Waals surface area (Å²) in [5.74, 6) is 0. The maximum Gasteiger partial charge on any atom is 0.261 e. The van der Waals surface area contributed by atoms with Crippen LogP contribution in [0.15, 0.2) is 35.1 Å². The number of nitrogens with zero attached hydrogens (tertiary/aromatic N) is 2. The van der Waals surface area contributed by atoms with E-state index in [2.05, 4.69) is 4.98 Å². The first-order valence-corrected chi connectivity index (χ1v) is 6.32. The van der Waals surface area contributed by atoms with E-state index in [0.717, 1.165) is 17.1 Å². The molecule has 2 aromatic heterocycles. The molecule has 2 N–H and O–H groups in total. The summed E-state index contributed by atoms with van der Waals surface area (Å²) < 4.78 is 1.64. The maximum atomic E-state index is 12.3. The molecule has 4 nitrogen and oxygen atoms in total. The fourth-order valence-electron chi connectivity index (χ4n) is 1.90. The lowest BCUT2D eigenvalue weighted by atomic mass is 10.2. The van der Waals surface area contributed by atoms with E-state index >= 15 is 0 Å². The molecule has 0 aliphatic rings. The molecule has 0 amide bonds. The third-order valence-corrected chi connectivity index (χ3v) is 3.14. The van der Waals surface area contributed by atoms with Crippen LogP contribution in [0.2, 0.25) is 0 Å². The normalized spacial score (nSPS) is 10.4. The van der Waals surface area contributed by atoms with Gasteiger partial charge in [0, 0.05) is 11.4 Å². The van der Waals surface area contributed by atoms with E-state index in [0.29, 0.717) is 12.1 Å². The SMILES string of the molecule is Cc1cccc(Cn2c(C)ccc(C(N)=S)c2=O)n1. The summed E-state index contributed by atoms with van der Waals surface area (Å²) >= 11 is 4.89. The van der Waals surface area contributed by atoms with Crippen molar-refractivity contribution < 1.29 is 0 Å². The topological polar surface area (TPSA) is 60.9 Å². The van der Waals surface area contributed by atoms with Gasteiger partial charge >= 0.3 is 0 Å². The predicted molar refractivity (Wildman–Crippen MR) is 79.4 cm³/mol. The zero-order valence-corrected chi connectivity index (χ0v) is 11.7. The average Bonchev–Trinajstić information content (AvgIpc) is 2.34. The van der Waals surface area contributed by atoms with Crippen LogP contribution in [0.4, 0.5) is 0 Å². The van der Waals surface area contributed by atoms with Crippen molar-refractivity contribution in [2.24, 2.45) is 5.73 Å². The highest BCUT2D eigenvalue weighted by Crippen LogP contribution is 2.04. The smallest absolute Gasteiger partial charge is 0.261 e. The molecule has 98 valence electrons. The number of aromatic nitrogens is 2. The Balaban J connectivity index is 2.48. The lowest BCUT2D eigenvalue weighted by molar-refractivity contribution is 0.709. The lowest BCUT2D eigenvalue weighted by Gasteiger charge is -2.11. The fraction of sp³-hybridized carbons (Fsp3) is 0.214. The van der Waals surface area contributed by atoms with Crippen LogP contribution < -0.4 is 11.3 Å². The van der Waals surface area contributed by atoms with Gasteiger partial charge in [0.25, 0.3) is 5.56 Å². The lowest BCUT2D eigenvalue weighted by Crippen LogP contribution is -2.30. The number of nitrogens with two attached hydrogens (primary N) is 1. The quantitative estimate of drug-likeness (QED) is 0.862. The number of pyridine rings is 2. The van der Waals surface area contributed by atoms with Gasteiger partial charge in [-0.25, -0.2) is 0 Å². The van der Waals surface area contributed by atoms with Gasteiger partial charge in [-0.3, -0.25) is 9.78 Å². The van der Waals surface area contributed by atoms with Crippen LogP contribution >= 0.6 is 12.2 Å². The zero-order chi connectivity index (χ0) is 14.0. The Hall–Kier alpha value is -2.01. The summed E-state index contributed by atoms with van der Waals surface area (Å²) in [6.07, 6.45) is 0. The molecule has 0 atom stereocenters. The fourth-order valence-corrected chi connectivity index (χ4v) is 2.06. The van der Waals surface area contributed by atoms with Crippen molar-refractivity contribution in [2.45, 2.75) is 20.4 Å². The molecule has 19 heavy (non-hydrogen) atoms. The molecule has 5 heteroatoms. The minimum Gasteiger partial charge on any atom is -0.389 e. The molecule has 0 radical (unpaired) electrons. The second kappa shape index (κ2) is 5.32. The minimum atomic E-state index is -0.171. The van der Waals surface area contributed by atoms with Gasteiger partial charge in [0.1, 0.15) is 4.99 Å². The summed E-state index contributed by atoms with van der Waals surface area (Å²) in [5, 5.41) is 0. The number of hydrogen-bond acceptors (Lipinski definition) is 3. The second-order valence-electron chi connectivity index (χ2n) is 4.41. The highest BCUT2D eigenvalue weighted by atomic mass is 32.1. The summed E-state index contributed by atoms with van der Waals surface area (Å²) in [6.45, 7) is 4.22. The maximum absolute atomic E-state index is 12.3. The summed E-state index contributed by atoms with van der Waals surface area (Å²) in [6, 6.07) is 9.25. The molecule has 0 fully saturated rings. The van der Waals surface area contributed by atoms with Gasteiger partial charge in [-0.2, -0.15) is 0 Å². The van der Waals surface area contributed by atoms with Crippen LogP contribution in [0.3, 0.4) is 0 Å². The van der Waals surface area contributed by atoms with E-state index < -0.39 is 0 Å². The Labute approximate surface area is 116 Å². The highest BCUT2D eigenvalue weighted by Gasteiger charge is 2.09. The van der Waals surface area contributed by atoms with Gasteiger partial charge in [0.15, 0.2) is 0 Å². The molecule has 0 aliphatic heterocycles. The third-order valence-electron chi connectivity index (χ3n) is 2.92. The Morgan fingerprint density at radius 1 is 1.32 bits per heavy atom. The van der Waals surface area contributed by atoms with Crippen molar-refractivity contribution in [3.8, 4) is 0 Å². The van der Waals surface area contributed by atoms with Crippen molar-refractivity contribution in [2.75, 3.05) is 0 Å². The summed E-state index contributed by atoms with van der Waals surface area (Å²) in [5.41, 5.74) is 8.37. The average molecular weight is 273 g/mol. The van der Waals surface area contributed by atoms with Crippen LogP contribution in [0.1, 0.15) is 22.6 Å². The molecule has 0 bridgehead atoms. The van der Waals surface area contributed by atoms with Crippen molar-refractivity contribution in [1.29, 1.82) is 0 Å². The molecule has 2 rings (SSSR count). The molecular weight excluding hydrogens is 258 g/mol. The molecule has 0 unspecified atom stereocenters. The van der Waals surface area contributed by atoms with E-state index in [1.54, 1.807) is 10.6 Å². The Kier molecular flexibility index (Phi) is 3.76. The molecule has 0 aliphatic carbocycles. The number of thiocarbonyl (C=S) groups is 1. The van der Waals surface area contributed by atoms with E-state index in [4.69, 9.17) is 18.0 Å². The minimum absolute atomic E-state index is 0.121. The van der Waals surface area contributed by atoms with Gasteiger partial charge in [-0.05, 0) is 38.1 Å². The largest absolute Gasteiger partial charge is 0.389 e. The monoisotopic (exact) mass is 273 g/mol. The van der Waals surface area contributed by atoms with Gasteiger partial charge < -0.3 is 10.3 Å². The van der Waals surface area contributed by atoms with Crippen LogP contribution in [0.5, 0.6) is 0 Å². The predicted octanol–water partition coefficient (Wildman–Crippen LogP) is 1.54. The van der Waals surface area contributed by atoms with Crippen LogP contribution in [0, 0.1) is 13.8 Å². The van der Waals surface area contributed by atoms with E-state index in [-0.39, 0.29) is 10.5 Å². The Bertz CT molecular complexity index is 691. The van der Waals surface area contributed by atoms with Crippen molar-refractivity contribution in [3.05, 3.63) is 63.3 Å². The van der Waals surface area contributed by atoms with Gasteiger partial charge in [0.05, 0.1) is 17.8 Å². The third kappa shape index (κ3) is 2.88. The molecule has 0 saturated carbocycles. The number of aryl methyl sites for hydroxylation is 2. The van der Waals surface area contributed by atoms with Crippen molar-refractivity contribution in [3.63, 3.8) is 0 Å². The number of hydrogen-bond donors (Lipinski definition) is 1. The van der Waals surface area contributed by atoms with Crippen LogP contribution in [-0.4, -0.2) is 14.5 Å². The Morgan fingerprint density at radius 2 is 2.05 bits per heavy atom. The first-order chi connectivity index (χ1) is 8.99. The van der Waals surface area contributed by atoms with Crippen molar-refractivity contribution >= 4 is 17.2 Å². The summed E-state index contributed by atoms with van der Waals surface area (Å²) in [7, 11) is 0. The molecule has 2 heterocycles. The molecular formula is C14H15N3OS. The molecule has 0 saturated heterocycles.